The molecule has 3 aromatic carbocycles. The summed E-state index contributed by atoms with van der Waals surface area (Å²) in [5.41, 5.74) is 6.35. The van der Waals surface area contributed by atoms with Gasteiger partial charge >= 0.3 is 0 Å². The van der Waals surface area contributed by atoms with Gasteiger partial charge in [-0.15, -0.1) is 0 Å². The Morgan fingerprint density at radius 2 is 1.77 bits per heavy atom. The predicted octanol–water partition coefficient (Wildman–Crippen LogP) is 3.81. The molecular formula is C20H14FN3O2. The number of H-pyrrole nitrogens is 1. The Kier molecular flexibility index (Phi) is 3.65. The van der Waals surface area contributed by atoms with Crippen molar-refractivity contribution in [3.8, 4) is 0 Å². The number of hydrogen-bond donors (Lipinski definition) is 3. The van der Waals surface area contributed by atoms with E-state index in [1.807, 2.05) is 36.4 Å². The van der Waals surface area contributed by atoms with Gasteiger partial charge in [0.25, 0.3) is 11.8 Å². The molecule has 4 aromatic rings. The van der Waals surface area contributed by atoms with E-state index in [2.05, 4.69) is 10.3 Å². The number of hydrogen-bond acceptors (Lipinski definition) is 2. The molecule has 0 saturated carbocycles. The highest BCUT2D eigenvalue weighted by Gasteiger charge is 2.14. The van der Waals surface area contributed by atoms with Crippen LogP contribution < -0.4 is 11.1 Å². The summed E-state index contributed by atoms with van der Waals surface area (Å²) < 4.78 is 13.5. The van der Waals surface area contributed by atoms with Crippen molar-refractivity contribution in [1.29, 1.82) is 0 Å². The maximum Gasteiger partial charge on any atom is 0.272 e. The lowest BCUT2D eigenvalue weighted by Gasteiger charge is -2.06. The van der Waals surface area contributed by atoms with Gasteiger partial charge in [-0.2, -0.15) is 0 Å². The number of carbonyl (C=O) groups is 2. The molecule has 5 nitrogen and oxygen atoms in total. The number of carbonyl (C=O) groups excluding carboxylic acids is 2. The number of aromatic nitrogens is 1. The Bertz CT molecular complexity index is 1180. The molecule has 0 aliphatic rings. The summed E-state index contributed by atoms with van der Waals surface area (Å²) in [5, 5.41) is 5.70. The van der Waals surface area contributed by atoms with Gasteiger partial charge in [0.2, 0.25) is 0 Å². The van der Waals surface area contributed by atoms with Gasteiger partial charge < -0.3 is 16.0 Å². The van der Waals surface area contributed by atoms with Crippen LogP contribution in [0.25, 0.3) is 21.7 Å². The Morgan fingerprint density at radius 3 is 2.58 bits per heavy atom. The molecule has 2 amide bonds. The lowest BCUT2D eigenvalue weighted by molar-refractivity contribution is 0.0992. The smallest absolute Gasteiger partial charge is 0.272 e. The second-order valence-electron chi connectivity index (χ2n) is 5.94. The first-order valence-electron chi connectivity index (χ1n) is 7.94. The molecule has 1 heterocycles. The molecule has 0 aliphatic carbocycles. The molecule has 0 aliphatic heterocycles. The van der Waals surface area contributed by atoms with Crippen molar-refractivity contribution in [1.82, 2.24) is 4.98 Å². The highest BCUT2D eigenvalue weighted by atomic mass is 19.1. The van der Waals surface area contributed by atoms with E-state index in [1.165, 1.54) is 12.1 Å². The van der Waals surface area contributed by atoms with E-state index >= 15 is 0 Å². The third-order valence-corrected chi connectivity index (χ3v) is 4.26. The molecule has 0 spiro atoms. The third-order valence-electron chi connectivity index (χ3n) is 4.26. The second-order valence-corrected chi connectivity index (χ2v) is 5.94. The zero-order valence-electron chi connectivity index (χ0n) is 13.5. The largest absolute Gasteiger partial charge is 0.366 e. The van der Waals surface area contributed by atoms with E-state index in [9.17, 15) is 14.0 Å². The predicted molar refractivity (Wildman–Crippen MR) is 98.7 cm³/mol. The van der Waals surface area contributed by atoms with E-state index in [-0.39, 0.29) is 11.3 Å². The van der Waals surface area contributed by atoms with Crippen LogP contribution in [0.15, 0.2) is 60.7 Å². The van der Waals surface area contributed by atoms with Crippen LogP contribution in [0.4, 0.5) is 10.1 Å². The summed E-state index contributed by atoms with van der Waals surface area (Å²) in [6, 6.07) is 17.2. The lowest BCUT2D eigenvalue weighted by atomic mass is 10.1. The van der Waals surface area contributed by atoms with Crippen molar-refractivity contribution in [3.63, 3.8) is 0 Å². The van der Waals surface area contributed by atoms with Gasteiger partial charge in [-0.1, -0.05) is 30.3 Å². The molecule has 1 aromatic heterocycles. The monoisotopic (exact) mass is 347 g/mol. The minimum absolute atomic E-state index is 0.273. The quantitative estimate of drug-likeness (QED) is 0.526. The van der Waals surface area contributed by atoms with Gasteiger partial charge in [0, 0.05) is 16.6 Å². The van der Waals surface area contributed by atoms with Gasteiger partial charge in [0.15, 0.2) is 0 Å². The standard InChI is InChI=1S/C20H14FN3O2/c21-16-7-6-12(9-15(16)19(22)25)23-20(26)18-10-14-13-4-2-1-3-11(13)5-8-17(14)24-18/h1-10,24H,(H2,22,25)(H,23,26). The van der Waals surface area contributed by atoms with Gasteiger partial charge in [0.05, 0.1) is 5.56 Å². The molecule has 0 unspecified atom stereocenters. The summed E-state index contributed by atoms with van der Waals surface area (Å²) >= 11 is 0. The number of rotatable bonds is 3. The van der Waals surface area contributed by atoms with Crippen molar-refractivity contribution in [2.75, 3.05) is 5.32 Å². The highest BCUT2D eigenvalue weighted by Crippen LogP contribution is 2.26. The van der Waals surface area contributed by atoms with Gasteiger partial charge in [0.1, 0.15) is 11.5 Å². The fourth-order valence-corrected chi connectivity index (χ4v) is 3.00. The minimum Gasteiger partial charge on any atom is -0.366 e. The number of benzene rings is 3. The van der Waals surface area contributed by atoms with Gasteiger partial charge in [-0.3, -0.25) is 9.59 Å². The van der Waals surface area contributed by atoms with Crippen molar-refractivity contribution < 1.29 is 14.0 Å². The molecule has 4 N–H and O–H groups in total. The molecule has 6 heteroatoms. The van der Waals surface area contributed by atoms with Crippen molar-refractivity contribution >= 4 is 39.2 Å². The van der Waals surface area contributed by atoms with Crippen molar-refractivity contribution in [2.24, 2.45) is 5.73 Å². The molecule has 4 rings (SSSR count). The van der Waals surface area contributed by atoms with E-state index < -0.39 is 17.6 Å². The Labute approximate surface area is 147 Å². The maximum absolute atomic E-state index is 13.5. The minimum atomic E-state index is -0.893. The number of halogens is 1. The zero-order valence-corrected chi connectivity index (χ0v) is 13.5. The van der Waals surface area contributed by atoms with Crippen LogP contribution in [-0.4, -0.2) is 16.8 Å². The van der Waals surface area contributed by atoms with E-state index in [0.29, 0.717) is 5.69 Å². The number of fused-ring (bicyclic) bond motifs is 3. The average Bonchev–Trinajstić information content (AvgIpc) is 3.08. The summed E-state index contributed by atoms with van der Waals surface area (Å²) in [5.74, 6) is -2.02. The maximum atomic E-state index is 13.5. The van der Waals surface area contributed by atoms with Crippen LogP contribution in [0.5, 0.6) is 0 Å². The number of aromatic amines is 1. The Hall–Kier alpha value is -3.67. The highest BCUT2D eigenvalue weighted by molar-refractivity contribution is 6.12. The SMILES string of the molecule is NC(=O)c1cc(NC(=O)c2cc3c(ccc4ccccc43)[nH]2)ccc1F. The van der Waals surface area contributed by atoms with Gasteiger partial charge in [-0.05, 0) is 41.1 Å². The number of anilines is 1. The van der Waals surface area contributed by atoms with Crippen LogP contribution in [0.1, 0.15) is 20.8 Å². The fourth-order valence-electron chi connectivity index (χ4n) is 3.00. The molecular weight excluding hydrogens is 333 g/mol. The first-order chi connectivity index (χ1) is 12.5. The molecule has 26 heavy (non-hydrogen) atoms. The first kappa shape index (κ1) is 15.8. The number of amides is 2. The molecule has 0 bridgehead atoms. The zero-order chi connectivity index (χ0) is 18.3. The van der Waals surface area contributed by atoms with Crippen LogP contribution >= 0.6 is 0 Å². The normalized spacial score (nSPS) is 11.0. The Balaban J connectivity index is 1.69. The second kappa shape index (κ2) is 6.00. The van der Waals surface area contributed by atoms with E-state index in [4.69, 9.17) is 5.73 Å². The number of primary amides is 1. The number of nitrogens with one attached hydrogen (secondary N) is 2. The van der Waals surface area contributed by atoms with Crippen molar-refractivity contribution in [2.45, 2.75) is 0 Å². The topological polar surface area (TPSA) is 88.0 Å². The van der Waals surface area contributed by atoms with E-state index in [1.54, 1.807) is 6.07 Å². The molecule has 0 radical (unpaired) electrons. The van der Waals surface area contributed by atoms with Crippen LogP contribution in [-0.2, 0) is 0 Å². The van der Waals surface area contributed by atoms with Crippen LogP contribution in [0, 0.1) is 5.82 Å². The van der Waals surface area contributed by atoms with Crippen molar-refractivity contribution in [3.05, 3.63) is 77.7 Å². The number of nitrogens with two attached hydrogens (primary N) is 1. The Morgan fingerprint density at radius 1 is 0.962 bits per heavy atom. The summed E-state index contributed by atoms with van der Waals surface area (Å²) in [6.07, 6.45) is 0. The summed E-state index contributed by atoms with van der Waals surface area (Å²) in [6.45, 7) is 0. The summed E-state index contributed by atoms with van der Waals surface area (Å²) in [4.78, 5) is 26.8. The first-order valence-corrected chi connectivity index (χ1v) is 7.94. The molecule has 0 atom stereocenters. The molecule has 0 fully saturated rings. The molecule has 0 saturated heterocycles. The lowest BCUT2D eigenvalue weighted by Crippen LogP contribution is -2.16. The summed E-state index contributed by atoms with van der Waals surface area (Å²) in [7, 11) is 0. The average molecular weight is 347 g/mol. The fraction of sp³-hybridized carbons (Fsp3) is 0. The van der Waals surface area contributed by atoms with Crippen LogP contribution in [0.2, 0.25) is 0 Å². The van der Waals surface area contributed by atoms with E-state index in [0.717, 1.165) is 27.7 Å². The molecule has 128 valence electrons. The van der Waals surface area contributed by atoms with Crippen LogP contribution in [0.3, 0.4) is 0 Å². The van der Waals surface area contributed by atoms with Gasteiger partial charge in [-0.25, -0.2) is 4.39 Å². The third kappa shape index (κ3) is 2.67.